The van der Waals surface area contributed by atoms with Crippen LogP contribution in [0.1, 0.15) is 6.92 Å². The fourth-order valence-electron chi connectivity index (χ4n) is 3.13. The van der Waals surface area contributed by atoms with Crippen LogP contribution in [0.2, 0.25) is 0 Å². The third-order valence-electron chi connectivity index (χ3n) is 4.30. The number of aromatic nitrogens is 1. The number of hydrogen-bond donors (Lipinski definition) is 1. The minimum atomic E-state index is 0. The normalized spacial score (nSPS) is 10.8. The van der Waals surface area contributed by atoms with E-state index in [0.717, 1.165) is 32.8 Å². The Kier molecular flexibility index (Phi) is 4.68. The van der Waals surface area contributed by atoms with Gasteiger partial charge in [0.05, 0.1) is 24.5 Å². The summed E-state index contributed by atoms with van der Waals surface area (Å²) in [5.41, 5.74) is 1.08. The van der Waals surface area contributed by atoms with Crippen molar-refractivity contribution in [2.45, 2.75) is 6.92 Å². The van der Waals surface area contributed by atoms with Gasteiger partial charge in [0.1, 0.15) is 5.75 Å². The van der Waals surface area contributed by atoms with Crippen molar-refractivity contribution < 1.29 is 36.0 Å². The van der Waals surface area contributed by atoms with Gasteiger partial charge in [-0.05, 0) is 48.0 Å². The number of rotatable bonds is 3. The third kappa shape index (κ3) is 2.85. The molecule has 1 N–H and O–H groups in total. The summed E-state index contributed by atoms with van der Waals surface area (Å²) >= 11 is 0. The van der Waals surface area contributed by atoms with Crippen molar-refractivity contribution >= 4 is 27.1 Å². The topological polar surface area (TPSA) is 42.8 Å². The summed E-state index contributed by atoms with van der Waals surface area (Å²) in [5, 5.41) is 14.4. The molecule has 0 amide bonds. The quantitative estimate of drug-likeness (QED) is 0.315. The molecule has 0 aliphatic carbocycles. The lowest BCUT2D eigenvalue weighted by molar-refractivity contribution is -0.509. The number of phenols is 1. The second kappa shape index (κ2) is 6.76. The Bertz CT molecular complexity index is 1080. The smallest absolute Gasteiger partial charge is 0.219 e. The van der Waals surface area contributed by atoms with E-state index in [1.54, 1.807) is 13.2 Å². The van der Waals surface area contributed by atoms with Crippen molar-refractivity contribution in [1.82, 2.24) is 0 Å². The highest BCUT2D eigenvalue weighted by atomic mass is 79.9. The molecular weight excluding hydrogens is 382 g/mol. The van der Waals surface area contributed by atoms with Crippen LogP contribution in [0.3, 0.4) is 0 Å². The molecule has 128 valence electrons. The van der Waals surface area contributed by atoms with E-state index in [0.29, 0.717) is 12.4 Å². The van der Waals surface area contributed by atoms with Crippen LogP contribution in [-0.4, -0.2) is 18.8 Å². The predicted octanol–water partition coefficient (Wildman–Crippen LogP) is 0.849. The molecule has 0 atom stereocenters. The molecule has 0 fully saturated rings. The van der Waals surface area contributed by atoms with E-state index in [9.17, 15) is 5.11 Å². The number of nitrogens with zero attached hydrogens (tertiary/aromatic N) is 1. The Morgan fingerprint density at radius 1 is 1.00 bits per heavy atom. The Morgan fingerprint density at radius 3 is 2.56 bits per heavy atom. The van der Waals surface area contributed by atoms with E-state index in [4.69, 9.17) is 9.47 Å². The van der Waals surface area contributed by atoms with Gasteiger partial charge in [-0.25, -0.2) is 0 Å². The first-order chi connectivity index (χ1) is 11.7. The van der Waals surface area contributed by atoms with Gasteiger partial charge in [0, 0.05) is 12.1 Å². The summed E-state index contributed by atoms with van der Waals surface area (Å²) in [6, 6.07) is 14.0. The molecule has 4 rings (SSSR count). The molecular formula is C20H18BrNO3. The summed E-state index contributed by atoms with van der Waals surface area (Å²) in [6.45, 7) is 2.63. The highest BCUT2D eigenvalue weighted by Gasteiger charge is 2.15. The lowest BCUT2D eigenvalue weighted by Crippen LogP contribution is -3.00. The van der Waals surface area contributed by atoms with Crippen LogP contribution in [0.15, 0.2) is 54.9 Å². The average molecular weight is 400 g/mol. The van der Waals surface area contributed by atoms with Gasteiger partial charge >= 0.3 is 0 Å². The summed E-state index contributed by atoms with van der Waals surface area (Å²) in [7, 11) is 1.55. The minimum absolute atomic E-state index is 0. The summed E-state index contributed by atoms with van der Waals surface area (Å²) in [4.78, 5) is 0. The maximum Gasteiger partial charge on any atom is 0.219 e. The van der Waals surface area contributed by atoms with E-state index in [1.165, 1.54) is 0 Å². The van der Waals surface area contributed by atoms with Gasteiger partial charge in [-0.15, -0.1) is 0 Å². The molecule has 2 heterocycles. The van der Waals surface area contributed by atoms with Gasteiger partial charge in [-0.1, -0.05) is 0 Å². The first-order valence-electron chi connectivity index (χ1n) is 7.91. The molecule has 0 aliphatic rings. The molecule has 0 unspecified atom stereocenters. The van der Waals surface area contributed by atoms with E-state index in [1.807, 2.05) is 41.9 Å². The maximum absolute atomic E-state index is 10.4. The highest BCUT2D eigenvalue weighted by molar-refractivity contribution is 5.99. The first-order valence-corrected chi connectivity index (χ1v) is 7.91. The molecule has 2 aromatic carbocycles. The molecule has 5 heteroatoms. The summed E-state index contributed by atoms with van der Waals surface area (Å²) in [6.07, 6.45) is 3.92. The van der Waals surface area contributed by atoms with E-state index < -0.39 is 0 Å². The Labute approximate surface area is 156 Å². The monoisotopic (exact) mass is 399 g/mol. The number of methoxy groups -OCH3 is 1. The molecule has 0 spiro atoms. The highest BCUT2D eigenvalue weighted by Crippen LogP contribution is 2.34. The third-order valence-corrected chi connectivity index (χ3v) is 4.30. The van der Waals surface area contributed by atoms with Crippen molar-refractivity contribution in [2.24, 2.45) is 0 Å². The fourth-order valence-corrected chi connectivity index (χ4v) is 3.13. The summed E-state index contributed by atoms with van der Waals surface area (Å²) < 4.78 is 12.8. The van der Waals surface area contributed by atoms with Crippen LogP contribution >= 0.6 is 0 Å². The zero-order chi connectivity index (χ0) is 16.7. The van der Waals surface area contributed by atoms with Crippen molar-refractivity contribution in [1.29, 1.82) is 0 Å². The number of pyridine rings is 2. The number of phenolic OH excluding ortho intramolecular Hbond substituents is 1. The molecule has 0 radical (unpaired) electrons. The van der Waals surface area contributed by atoms with Gasteiger partial charge in [0.15, 0.2) is 23.9 Å². The Morgan fingerprint density at radius 2 is 1.80 bits per heavy atom. The van der Waals surface area contributed by atoms with Gasteiger partial charge < -0.3 is 31.6 Å². The zero-order valence-corrected chi connectivity index (χ0v) is 15.6. The fraction of sp³-hybridized carbons (Fsp3) is 0.150. The van der Waals surface area contributed by atoms with Crippen LogP contribution in [-0.2, 0) is 0 Å². The number of ether oxygens (including phenoxy) is 2. The SMILES string of the molecule is CCOc1ccc2c(cc[n+]3cc4c(O)c(OC)ccc4cc23)c1.[Br-]. The standard InChI is InChI=1S/C20H17NO3.BrH/c1-3-24-15-5-6-16-14(10-15)8-9-21-12-17-13(11-18(16)21)4-7-19(23-2)20(17)22;/h4-12H,3H2,1-2H3;1H. The molecule has 0 aliphatic heterocycles. The molecule has 4 aromatic rings. The van der Waals surface area contributed by atoms with E-state index >= 15 is 0 Å². The molecule has 0 bridgehead atoms. The van der Waals surface area contributed by atoms with Crippen LogP contribution in [0.4, 0.5) is 0 Å². The predicted molar refractivity (Wildman–Crippen MR) is 94.0 cm³/mol. The molecule has 4 nitrogen and oxygen atoms in total. The van der Waals surface area contributed by atoms with Crippen molar-refractivity contribution in [3.05, 3.63) is 54.9 Å². The van der Waals surface area contributed by atoms with Crippen molar-refractivity contribution in [3.8, 4) is 17.2 Å². The lowest BCUT2D eigenvalue weighted by Gasteiger charge is -2.07. The van der Waals surface area contributed by atoms with Gasteiger partial charge in [0.25, 0.3) is 0 Å². The maximum atomic E-state index is 10.4. The van der Waals surface area contributed by atoms with Crippen LogP contribution < -0.4 is 30.9 Å². The second-order valence-electron chi connectivity index (χ2n) is 5.68. The van der Waals surface area contributed by atoms with Crippen LogP contribution in [0.5, 0.6) is 17.2 Å². The number of aromatic hydroxyl groups is 1. The molecule has 0 saturated heterocycles. The second-order valence-corrected chi connectivity index (χ2v) is 5.68. The number of fused-ring (bicyclic) bond motifs is 4. The van der Waals surface area contributed by atoms with Crippen molar-refractivity contribution in [3.63, 3.8) is 0 Å². The molecule has 25 heavy (non-hydrogen) atoms. The largest absolute Gasteiger partial charge is 1.00 e. The van der Waals surface area contributed by atoms with Crippen LogP contribution in [0.25, 0.3) is 27.1 Å². The van der Waals surface area contributed by atoms with Gasteiger partial charge in [0.2, 0.25) is 5.52 Å². The van der Waals surface area contributed by atoms with Crippen LogP contribution in [0, 0.1) is 0 Å². The number of halogens is 1. The minimum Gasteiger partial charge on any atom is -1.00 e. The number of hydrogen-bond acceptors (Lipinski definition) is 3. The van der Waals surface area contributed by atoms with Gasteiger partial charge in [-0.2, -0.15) is 4.40 Å². The van der Waals surface area contributed by atoms with Crippen molar-refractivity contribution in [2.75, 3.05) is 13.7 Å². The zero-order valence-electron chi connectivity index (χ0n) is 14.0. The number of benzene rings is 2. The molecule has 0 saturated carbocycles. The first kappa shape index (κ1) is 17.3. The Hall–Kier alpha value is -2.53. The summed E-state index contributed by atoms with van der Waals surface area (Å²) in [5.74, 6) is 1.51. The lowest BCUT2D eigenvalue weighted by atomic mass is 10.1. The molecule has 2 aromatic heterocycles. The van der Waals surface area contributed by atoms with Gasteiger partial charge in [-0.3, -0.25) is 0 Å². The Balaban J connectivity index is 0.00000182. The van der Waals surface area contributed by atoms with E-state index in [-0.39, 0.29) is 22.7 Å². The average Bonchev–Trinajstić information content (AvgIpc) is 2.61. The van der Waals surface area contributed by atoms with E-state index in [2.05, 4.69) is 18.2 Å².